The maximum atomic E-state index is 13.0. The van der Waals surface area contributed by atoms with E-state index in [0.29, 0.717) is 29.7 Å². The zero-order valence-corrected chi connectivity index (χ0v) is 14.9. The summed E-state index contributed by atoms with van der Waals surface area (Å²) < 4.78 is 49.0. The van der Waals surface area contributed by atoms with Gasteiger partial charge >= 0.3 is 18.1 Å². The Kier molecular flexibility index (Phi) is 4.62. The molecule has 27 heavy (non-hydrogen) atoms. The van der Waals surface area contributed by atoms with Gasteiger partial charge in [-0.3, -0.25) is 4.79 Å². The molecule has 9 heteroatoms. The number of esters is 1. The van der Waals surface area contributed by atoms with Gasteiger partial charge in [0, 0.05) is 6.42 Å². The van der Waals surface area contributed by atoms with Gasteiger partial charge in [0.05, 0.1) is 13.7 Å². The highest BCUT2D eigenvalue weighted by atomic mass is 19.4. The standard InChI is InChI=1S/C18H20F3NO5/c1-3-27-15(24)16(22-14(23)18(19,20)21)9-10-8-12(26-2)6-7-13(10)17(16,25)11-4-5-11/h6-8,11,25H,3-5,9H2,1-2H3,(H,22,23). The molecule has 2 aliphatic rings. The van der Waals surface area contributed by atoms with E-state index < -0.39 is 35.1 Å². The van der Waals surface area contributed by atoms with Crippen molar-refractivity contribution in [1.29, 1.82) is 0 Å². The molecule has 0 heterocycles. The first-order valence-electron chi connectivity index (χ1n) is 8.56. The van der Waals surface area contributed by atoms with E-state index in [-0.39, 0.29) is 13.0 Å². The van der Waals surface area contributed by atoms with E-state index in [0.717, 1.165) is 0 Å². The summed E-state index contributed by atoms with van der Waals surface area (Å²) in [6, 6.07) is 4.62. The summed E-state index contributed by atoms with van der Waals surface area (Å²) in [5, 5.41) is 13.3. The van der Waals surface area contributed by atoms with E-state index in [1.54, 1.807) is 17.4 Å². The number of halogens is 3. The number of ether oxygens (including phenoxy) is 2. The maximum Gasteiger partial charge on any atom is 0.471 e. The molecular weight excluding hydrogens is 367 g/mol. The highest BCUT2D eigenvalue weighted by Crippen LogP contribution is 2.57. The van der Waals surface area contributed by atoms with Crippen molar-refractivity contribution >= 4 is 11.9 Å². The van der Waals surface area contributed by atoms with Crippen molar-refractivity contribution in [2.75, 3.05) is 13.7 Å². The molecule has 2 aliphatic carbocycles. The van der Waals surface area contributed by atoms with E-state index in [4.69, 9.17) is 9.47 Å². The monoisotopic (exact) mass is 387 g/mol. The van der Waals surface area contributed by atoms with Gasteiger partial charge in [0.25, 0.3) is 0 Å². The Hall–Kier alpha value is -2.29. The predicted octanol–water partition coefficient (Wildman–Crippen LogP) is 1.83. The number of amides is 1. The Bertz CT molecular complexity index is 777. The summed E-state index contributed by atoms with van der Waals surface area (Å²) in [5.74, 6) is -3.43. The van der Waals surface area contributed by atoms with Gasteiger partial charge in [0.15, 0.2) is 5.54 Å². The summed E-state index contributed by atoms with van der Waals surface area (Å²) in [4.78, 5) is 24.6. The number of benzene rings is 1. The first-order chi connectivity index (χ1) is 12.6. The highest BCUT2D eigenvalue weighted by molar-refractivity contribution is 5.93. The molecule has 1 saturated carbocycles. The van der Waals surface area contributed by atoms with E-state index in [2.05, 4.69) is 0 Å². The highest BCUT2D eigenvalue weighted by Gasteiger charge is 2.69. The van der Waals surface area contributed by atoms with Crippen LogP contribution in [0.2, 0.25) is 0 Å². The summed E-state index contributed by atoms with van der Waals surface area (Å²) >= 11 is 0. The molecule has 2 unspecified atom stereocenters. The molecule has 0 radical (unpaired) electrons. The quantitative estimate of drug-likeness (QED) is 0.753. The number of nitrogens with one attached hydrogen (secondary N) is 1. The molecule has 0 spiro atoms. The van der Waals surface area contributed by atoms with Gasteiger partial charge in [0.2, 0.25) is 0 Å². The Morgan fingerprint density at radius 3 is 2.52 bits per heavy atom. The first kappa shape index (κ1) is 19.5. The molecule has 0 aliphatic heterocycles. The summed E-state index contributed by atoms with van der Waals surface area (Å²) in [7, 11) is 1.42. The third-order valence-corrected chi connectivity index (χ3v) is 5.21. The molecule has 1 amide bonds. The number of methoxy groups -OCH3 is 1. The molecule has 2 N–H and O–H groups in total. The Labute approximate surface area is 153 Å². The van der Waals surface area contributed by atoms with Crippen LogP contribution in [0, 0.1) is 5.92 Å². The molecule has 0 aromatic heterocycles. The zero-order chi connectivity index (χ0) is 20.0. The number of fused-ring (bicyclic) bond motifs is 1. The number of hydrogen-bond acceptors (Lipinski definition) is 5. The van der Waals surface area contributed by atoms with Gasteiger partial charge in [-0.15, -0.1) is 0 Å². The minimum absolute atomic E-state index is 0.108. The smallest absolute Gasteiger partial charge is 0.471 e. The van der Waals surface area contributed by atoms with Gasteiger partial charge in [-0.2, -0.15) is 13.2 Å². The number of rotatable bonds is 5. The average Bonchev–Trinajstić information content (AvgIpc) is 3.41. The molecule has 148 valence electrons. The van der Waals surface area contributed by atoms with Crippen molar-refractivity contribution in [3.63, 3.8) is 0 Å². The fourth-order valence-electron chi connectivity index (χ4n) is 3.87. The van der Waals surface area contributed by atoms with Gasteiger partial charge in [0.1, 0.15) is 11.4 Å². The minimum Gasteiger partial charge on any atom is -0.497 e. The van der Waals surface area contributed by atoms with Crippen molar-refractivity contribution < 1.29 is 37.3 Å². The molecule has 3 rings (SSSR count). The van der Waals surface area contributed by atoms with Crippen LogP contribution in [0.4, 0.5) is 13.2 Å². The second-order valence-electron chi connectivity index (χ2n) is 6.82. The van der Waals surface area contributed by atoms with Crippen LogP contribution in [0.5, 0.6) is 5.75 Å². The largest absolute Gasteiger partial charge is 0.497 e. The topological polar surface area (TPSA) is 84.9 Å². The molecular formula is C18H20F3NO5. The van der Waals surface area contributed by atoms with Crippen LogP contribution in [-0.4, -0.2) is 42.4 Å². The fourth-order valence-corrected chi connectivity index (χ4v) is 3.87. The van der Waals surface area contributed by atoms with Gasteiger partial charge in [-0.1, -0.05) is 6.07 Å². The zero-order valence-electron chi connectivity index (χ0n) is 14.9. The van der Waals surface area contributed by atoms with Gasteiger partial charge in [-0.05, 0) is 48.9 Å². The first-order valence-corrected chi connectivity index (χ1v) is 8.56. The number of carbonyl (C=O) groups excluding carboxylic acids is 2. The van der Waals surface area contributed by atoms with Crippen LogP contribution < -0.4 is 10.1 Å². The SMILES string of the molecule is CCOC(=O)C1(NC(=O)C(F)(F)F)Cc2cc(OC)ccc2C1(O)C1CC1. The fraction of sp³-hybridized carbons (Fsp3) is 0.556. The van der Waals surface area contributed by atoms with Crippen LogP contribution in [0.1, 0.15) is 30.9 Å². The van der Waals surface area contributed by atoms with Crippen molar-refractivity contribution in [3.8, 4) is 5.75 Å². The van der Waals surface area contributed by atoms with Crippen molar-refractivity contribution in [1.82, 2.24) is 5.32 Å². The summed E-state index contributed by atoms with van der Waals surface area (Å²) in [6.07, 6.45) is -4.50. The van der Waals surface area contributed by atoms with Crippen molar-refractivity contribution in [3.05, 3.63) is 29.3 Å². The molecule has 1 fully saturated rings. The lowest BCUT2D eigenvalue weighted by Gasteiger charge is -2.41. The van der Waals surface area contributed by atoms with Crippen LogP contribution in [-0.2, 0) is 26.3 Å². The molecule has 1 aromatic rings. The van der Waals surface area contributed by atoms with E-state index in [1.165, 1.54) is 20.1 Å². The third kappa shape index (κ3) is 2.93. The summed E-state index contributed by atoms with van der Waals surface area (Å²) in [5.41, 5.74) is -3.52. The number of carbonyl (C=O) groups is 2. The third-order valence-electron chi connectivity index (χ3n) is 5.21. The maximum absolute atomic E-state index is 13.0. The Morgan fingerprint density at radius 1 is 1.33 bits per heavy atom. The average molecular weight is 387 g/mol. The van der Waals surface area contributed by atoms with Crippen LogP contribution in [0.15, 0.2) is 18.2 Å². The van der Waals surface area contributed by atoms with Crippen molar-refractivity contribution in [2.24, 2.45) is 5.92 Å². The van der Waals surface area contributed by atoms with Crippen LogP contribution in [0.3, 0.4) is 0 Å². The lowest BCUT2D eigenvalue weighted by Crippen LogP contribution is -2.68. The molecule has 2 atom stereocenters. The Balaban J connectivity index is 2.16. The number of hydrogen-bond donors (Lipinski definition) is 2. The van der Waals surface area contributed by atoms with E-state index >= 15 is 0 Å². The minimum atomic E-state index is -5.21. The van der Waals surface area contributed by atoms with E-state index in [1.807, 2.05) is 0 Å². The molecule has 0 saturated heterocycles. The summed E-state index contributed by atoms with van der Waals surface area (Å²) in [6.45, 7) is 1.39. The van der Waals surface area contributed by atoms with Gasteiger partial charge in [-0.25, -0.2) is 4.79 Å². The Morgan fingerprint density at radius 2 is 2.00 bits per heavy atom. The lowest BCUT2D eigenvalue weighted by molar-refractivity contribution is -0.187. The van der Waals surface area contributed by atoms with Crippen LogP contribution in [0.25, 0.3) is 0 Å². The second-order valence-corrected chi connectivity index (χ2v) is 6.82. The normalized spacial score (nSPS) is 27.0. The second kappa shape index (κ2) is 6.40. The van der Waals surface area contributed by atoms with E-state index in [9.17, 15) is 27.9 Å². The predicted molar refractivity (Wildman–Crippen MR) is 86.9 cm³/mol. The van der Waals surface area contributed by atoms with Crippen molar-refractivity contribution in [2.45, 2.75) is 43.5 Å². The number of aliphatic hydroxyl groups is 1. The van der Waals surface area contributed by atoms with Crippen LogP contribution >= 0.6 is 0 Å². The lowest BCUT2D eigenvalue weighted by atomic mass is 9.76. The van der Waals surface area contributed by atoms with Gasteiger partial charge < -0.3 is 19.9 Å². The molecule has 6 nitrogen and oxygen atoms in total. The molecule has 0 bridgehead atoms. The molecule has 1 aromatic carbocycles. The number of alkyl halides is 3.